The first-order valence-electron chi connectivity index (χ1n) is 9.84. The Labute approximate surface area is 190 Å². The van der Waals surface area contributed by atoms with Crippen LogP contribution in [0.4, 0.5) is 0 Å². The lowest BCUT2D eigenvalue weighted by Crippen LogP contribution is -2.46. The van der Waals surface area contributed by atoms with Crippen LogP contribution in [0.1, 0.15) is 16.9 Å². The Morgan fingerprint density at radius 1 is 1.04 bits per heavy atom. The van der Waals surface area contributed by atoms with Gasteiger partial charge in [0.2, 0.25) is 0 Å². The first-order chi connectivity index (χ1) is 13.3. The molecule has 0 saturated carbocycles. The van der Waals surface area contributed by atoms with Gasteiger partial charge in [0.1, 0.15) is 0 Å². The minimum Gasteiger partial charge on any atom is -0.370 e. The molecule has 2 aromatic rings. The predicted octanol–water partition coefficient (Wildman–Crippen LogP) is 3.02. The molecule has 0 amide bonds. The normalized spacial score (nSPS) is 15.9. The number of piperazine rings is 1. The summed E-state index contributed by atoms with van der Waals surface area (Å²) in [7, 11) is 0. The molecular weight excluding hydrogens is 481 g/mol. The van der Waals surface area contributed by atoms with Crippen molar-refractivity contribution >= 4 is 41.3 Å². The smallest absolute Gasteiger partial charge is 0.188 e. The number of aliphatic imine (C=N–C) groups is 1. The van der Waals surface area contributed by atoms with Gasteiger partial charge in [-0.05, 0) is 29.9 Å². The van der Waals surface area contributed by atoms with Crippen LogP contribution in [0.3, 0.4) is 0 Å². The van der Waals surface area contributed by atoms with Crippen LogP contribution in [0.5, 0.6) is 0 Å². The first kappa shape index (κ1) is 23.1. The fraction of sp³-hybridized carbons (Fsp3) is 0.476. The molecule has 0 atom stereocenters. The van der Waals surface area contributed by atoms with Crippen molar-refractivity contribution in [2.24, 2.45) is 10.7 Å². The van der Waals surface area contributed by atoms with E-state index in [2.05, 4.69) is 68.0 Å². The highest BCUT2D eigenvalue weighted by Gasteiger charge is 2.16. The molecule has 7 heteroatoms. The molecule has 0 aliphatic carbocycles. The highest BCUT2D eigenvalue weighted by molar-refractivity contribution is 14.0. The maximum atomic E-state index is 5.95. The lowest BCUT2D eigenvalue weighted by molar-refractivity contribution is 0.127. The van der Waals surface area contributed by atoms with E-state index < -0.39 is 0 Å². The Hall–Kier alpha value is -1.16. The quantitative estimate of drug-likeness (QED) is 0.234. The van der Waals surface area contributed by atoms with E-state index in [0.717, 1.165) is 65.2 Å². The molecule has 5 nitrogen and oxygen atoms in total. The standard InChI is InChI=1S/C21H31N5S.HI/c22-21(24-11-9-20-8-4-17-27-20)23-10-5-12-25-13-15-26(16-14-25)18-19-6-2-1-3-7-19;/h1-4,6-8,17H,5,9-16,18H2,(H3,22,23,24);1H. The number of hydrogen-bond donors (Lipinski definition) is 2. The fourth-order valence-corrected chi connectivity index (χ4v) is 4.04. The van der Waals surface area contributed by atoms with Gasteiger partial charge < -0.3 is 16.0 Å². The molecule has 0 unspecified atom stereocenters. The van der Waals surface area contributed by atoms with Gasteiger partial charge in [-0.3, -0.25) is 9.89 Å². The number of nitrogens with zero attached hydrogens (tertiary/aromatic N) is 3. The van der Waals surface area contributed by atoms with E-state index in [1.165, 1.54) is 10.4 Å². The van der Waals surface area contributed by atoms with Gasteiger partial charge >= 0.3 is 0 Å². The third kappa shape index (κ3) is 8.46. The van der Waals surface area contributed by atoms with Crippen LogP contribution in [0.2, 0.25) is 0 Å². The Balaban J connectivity index is 0.00000280. The Kier molecular flexibility index (Phi) is 10.8. The number of hydrogen-bond acceptors (Lipinski definition) is 4. The lowest BCUT2D eigenvalue weighted by atomic mass is 10.2. The van der Waals surface area contributed by atoms with Crippen LogP contribution in [0.15, 0.2) is 52.8 Å². The summed E-state index contributed by atoms with van der Waals surface area (Å²) in [6, 6.07) is 15.0. The van der Waals surface area contributed by atoms with Crippen molar-refractivity contribution in [2.75, 3.05) is 45.8 Å². The van der Waals surface area contributed by atoms with Crippen LogP contribution in [0.25, 0.3) is 0 Å². The monoisotopic (exact) mass is 513 g/mol. The lowest BCUT2D eigenvalue weighted by Gasteiger charge is -2.34. The summed E-state index contributed by atoms with van der Waals surface area (Å²) in [5.74, 6) is 0.569. The summed E-state index contributed by atoms with van der Waals surface area (Å²) < 4.78 is 0. The Morgan fingerprint density at radius 3 is 2.50 bits per heavy atom. The number of thiophene rings is 1. The average molecular weight is 513 g/mol. The third-order valence-corrected chi connectivity index (χ3v) is 5.82. The number of rotatable bonds is 9. The maximum Gasteiger partial charge on any atom is 0.188 e. The summed E-state index contributed by atoms with van der Waals surface area (Å²) in [6.45, 7) is 8.38. The molecule has 1 saturated heterocycles. The number of benzene rings is 1. The molecule has 2 heterocycles. The van der Waals surface area contributed by atoms with E-state index in [9.17, 15) is 0 Å². The van der Waals surface area contributed by atoms with Gasteiger partial charge in [0, 0.05) is 57.2 Å². The molecule has 1 aromatic carbocycles. The van der Waals surface area contributed by atoms with Crippen molar-refractivity contribution in [1.29, 1.82) is 0 Å². The molecule has 1 aliphatic heterocycles. The summed E-state index contributed by atoms with van der Waals surface area (Å²) in [5.41, 5.74) is 7.35. The largest absolute Gasteiger partial charge is 0.370 e. The summed E-state index contributed by atoms with van der Waals surface area (Å²) in [6.07, 6.45) is 2.06. The topological polar surface area (TPSA) is 56.9 Å². The zero-order valence-corrected chi connectivity index (χ0v) is 19.6. The van der Waals surface area contributed by atoms with Crippen LogP contribution < -0.4 is 11.1 Å². The first-order valence-corrected chi connectivity index (χ1v) is 10.7. The van der Waals surface area contributed by atoms with Gasteiger partial charge in [0.05, 0.1) is 0 Å². The van der Waals surface area contributed by atoms with Crippen LogP contribution in [-0.2, 0) is 13.0 Å². The second kappa shape index (κ2) is 13.1. The average Bonchev–Trinajstić information content (AvgIpc) is 3.21. The van der Waals surface area contributed by atoms with Gasteiger partial charge in [-0.1, -0.05) is 36.4 Å². The van der Waals surface area contributed by atoms with E-state index in [0.29, 0.717) is 5.96 Å². The van der Waals surface area contributed by atoms with Gasteiger partial charge in [-0.25, -0.2) is 0 Å². The van der Waals surface area contributed by atoms with Crippen molar-refractivity contribution in [3.8, 4) is 0 Å². The van der Waals surface area contributed by atoms with E-state index in [1.54, 1.807) is 11.3 Å². The minimum absolute atomic E-state index is 0. The molecule has 1 aliphatic rings. The van der Waals surface area contributed by atoms with Crippen molar-refractivity contribution in [1.82, 2.24) is 15.1 Å². The van der Waals surface area contributed by atoms with Gasteiger partial charge in [0.25, 0.3) is 0 Å². The predicted molar refractivity (Wildman–Crippen MR) is 131 cm³/mol. The van der Waals surface area contributed by atoms with Crippen molar-refractivity contribution < 1.29 is 0 Å². The number of nitrogens with two attached hydrogens (primary N) is 1. The summed E-state index contributed by atoms with van der Waals surface area (Å²) in [4.78, 5) is 10.9. The molecule has 3 N–H and O–H groups in total. The number of guanidine groups is 1. The Bertz CT molecular complexity index is 669. The summed E-state index contributed by atoms with van der Waals surface area (Å²) >= 11 is 1.78. The minimum atomic E-state index is 0. The molecule has 1 aromatic heterocycles. The van der Waals surface area contributed by atoms with Crippen LogP contribution >= 0.6 is 35.3 Å². The van der Waals surface area contributed by atoms with Gasteiger partial charge in [-0.15, -0.1) is 35.3 Å². The Morgan fingerprint density at radius 2 is 1.79 bits per heavy atom. The van der Waals surface area contributed by atoms with Gasteiger partial charge in [-0.2, -0.15) is 0 Å². The molecule has 0 spiro atoms. The second-order valence-corrected chi connectivity index (χ2v) is 8.01. The van der Waals surface area contributed by atoms with E-state index in [-0.39, 0.29) is 24.0 Å². The highest BCUT2D eigenvalue weighted by Crippen LogP contribution is 2.09. The van der Waals surface area contributed by atoms with Crippen molar-refractivity contribution in [3.63, 3.8) is 0 Å². The number of nitrogens with one attached hydrogen (secondary N) is 1. The van der Waals surface area contributed by atoms with Crippen molar-refractivity contribution in [3.05, 3.63) is 58.3 Å². The van der Waals surface area contributed by atoms with Crippen LogP contribution in [-0.4, -0.2) is 61.6 Å². The zero-order valence-electron chi connectivity index (χ0n) is 16.4. The third-order valence-electron chi connectivity index (χ3n) is 4.89. The van der Waals surface area contributed by atoms with E-state index in [1.807, 2.05) is 0 Å². The highest BCUT2D eigenvalue weighted by atomic mass is 127. The SMILES string of the molecule is I.NC(=NCCCN1CCN(Cc2ccccc2)CC1)NCCc1cccs1. The molecular formula is C21H32IN5S. The molecule has 1 fully saturated rings. The molecule has 28 heavy (non-hydrogen) atoms. The van der Waals surface area contributed by atoms with Gasteiger partial charge in [0.15, 0.2) is 5.96 Å². The molecule has 154 valence electrons. The molecule has 3 rings (SSSR count). The number of halogens is 1. The fourth-order valence-electron chi connectivity index (χ4n) is 3.33. The van der Waals surface area contributed by atoms with Crippen LogP contribution in [0, 0.1) is 0 Å². The summed E-state index contributed by atoms with van der Waals surface area (Å²) in [5, 5.41) is 5.31. The zero-order chi connectivity index (χ0) is 18.7. The van der Waals surface area contributed by atoms with E-state index in [4.69, 9.17) is 5.73 Å². The second-order valence-electron chi connectivity index (χ2n) is 6.98. The maximum absolute atomic E-state index is 5.95. The molecule has 0 bridgehead atoms. The molecule has 0 radical (unpaired) electrons. The van der Waals surface area contributed by atoms with Crippen molar-refractivity contribution in [2.45, 2.75) is 19.4 Å². The van der Waals surface area contributed by atoms with E-state index >= 15 is 0 Å².